The van der Waals surface area contributed by atoms with E-state index in [0.29, 0.717) is 12.8 Å². The number of rotatable bonds is 19. The van der Waals surface area contributed by atoms with Gasteiger partial charge in [0.25, 0.3) is 0 Å². The molecule has 3 unspecified atom stereocenters. The molecule has 162 valence electrons. The van der Waals surface area contributed by atoms with Crippen molar-refractivity contribution in [1.82, 2.24) is 5.32 Å². The second-order valence-corrected chi connectivity index (χ2v) is 8.05. The molecule has 0 aliphatic carbocycles. The van der Waals surface area contributed by atoms with E-state index in [4.69, 9.17) is 0 Å². The Morgan fingerprint density at radius 3 is 1.56 bits per heavy atom. The molecule has 27 heavy (non-hydrogen) atoms. The first kappa shape index (κ1) is 26.4. The molecule has 4 nitrogen and oxygen atoms in total. The topological polar surface area (TPSA) is 69.6 Å². The maximum absolute atomic E-state index is 11.8. The van der Waals surface area contributed by atoms with Crippen LogP contribution < -0.4 is 5.32 Å². The quantitative estimate of drug-likeness (QED) is 0.257. The lowest BCUT2D eigenvalue weighted by molar-refractivity contribution is -0.131. The summed E-state index contributed by atoms with van der Waals surface area (Å²) in [6.07, 6.45) is 17.4. The van der Waals surface area contributed by atoms with E-state index in [2.05, 4.69) is 12.2 Å². The van der Waals surface area contributed by atoms with E-state index < -0.39 is 12.2 Å². The van der Waals surface area contributed by atoms with E-state index in [-0.39, 0.29) is 11.9 Å². The van der Waals surface area contributed by atoms with Crippen LogP contribution in [0.5, 0.6) is 0 Å². The summed E-state index contributed by atoms with van der Waals surface area (Å²) < 4.78 is 0. The summed E-state index contributed by atoms with van der Waals surface area (Å²) in [7, 11) is 0. The normalized spacial score (nSPS) is 14.7. The van der Waals surface area contributed by atoms with E-state index in [1.165, 1.54) is 70.6 Å². The van der Waals surface area contributed by atoms with Crippen molar-refractivity contribution in [2.75, 3.05) is 0 Å². The minimum atomic E-state index is -0.970. The molecule has 0 aromatic carbocycles. The zero-order valence-electron chi connectivity index (χ0n) is 18.3. The van der Waals surface area contributed by atoms with Crippen molar-refractivity contribution in [2.45, 2.75) is 142 Å². The minimum absolute atomic E-state index is 0.254. The standard InChI is InChI=1S/C23H47NO3/c1-4-7-8-9-10-11-12-13-14-15-16-17-18-19-22(26)20(5-2)24-23(27)21(25)6-3/h20-22,25-26H,4-19H2,1-3H3,(H,24,27). The Morgan fingerprint density at radius 2 is 1.15 bits per heavy atom. The maximum atomic E-state index is 11.8. The molecular formula is C23H47NO3. The van der Waals surface area contributed by atoms with Gasteiger partial charge in [-0.3, -0.25) is 4.79 Å². The van der Waals surface area contributed by atoms with Crippen LogP contribution in [0.4, 0.5) is 0 Å². The van der Waals surface area contributed by atoms with Crippen LogP contribution in [0.25, 0.3) is 0 Å². The molecule has 0 saturated heterocycles. The van der Waals surface area contributed by atoms with Gasteiger partial charge in [-0.25, -0.2) is 0 Å². The van der Waals surface area contributed by atoms with Crippen LogP contribution in [-0.2, 0) is 4.79 Å². The van der Waals surface area contributed by atoms with E-state index >= 15 is 0 Å². The number of hydrogen-bond acceptors (Lipinski definition) is 3. The van der Waals surface area contributed by atoms with Crippen molar-refractivity contribution in [3.8, 4) is 0 Å². The van der Waals surface area contributed by atoms with Gasteiger partial charge in [-0.15, -0.1) is 0 Å². The number of unbranched alkanes of at least 4 members (excludes halogenated alkanes) is 12. The fraction of sp³-hybridized carbons (Fsp3) is 0.957. The minimum Gasteiger partial charge on any atom is -0.391 e. The molecule has 1 amide bonds. The van der Waals surface area contributed by atoms with Crippen LogP contribution in [0.1, 0.15) is 124 Å². The van der Waals surface area contributed by atoms with Gasteiger partial charge in [0.2, 0.25) is 5.91 Å². The Hall–Kier alpha value is -0.610. The average Bonchev–Trinajstić information content (AvgIpc) is 2.68. The van der Waals surface area contributed by atoms with Crippen molar-refractivity contribution in [1.29, 1.82) is 0 Å². The number of carbonyl (C=O) groups is 1. The first-order chi connectivity index (χ1) is 13.1. The summed E-state index contributed by atoms with van der Waals surface area (Å²) in [4.78, 5) is 11.8. The van der Waals surface area contributed by atoms with Crippen LogP contribution in [0.3, 0.4) is 0 Å². The molecule has 4 heteroatoms. The maximum Gasteiger partial charge on any atom is 0.249 e. The smallest absolute Gasteiger partial charge is 0.249 e. The van der Waals surface area contributed by atoms with Gasteiger partial charge in [0.1, 0.15) is 6.10 Å². The van der Waals surface area contributed by atoms with Crippen LogP contribution in [-0.4, -0.2) is 34.4 Å². The molecule has 0 aromatic heterocycles. The van der Waals surface area contributed by atoms with E-state index in [1.807, 2.05) is 6.92 Å². The first-order valence-corrected chi connectivity index (χ1v) is 11.7. The zero-order valence-corrected chi connectivity index (χ0v) is 18.3. The molecule has 0 aliphatic heterocycles. The summed E-state index contributed by atoms with van der Waals surface area (Å²) in [5.74, 6) is -0.367. The molecule has 0 saturated carbocycles. The predicted molar refractivity (Wildman–Crippen MR) is 115 cm³/mol. The molecule has 0 spiro atoms. The third-order valence-electron chi connectivity index (χ3n) is 5.52. The predicted octanol–water partition coefficient (Wildman–Crippen LogP) is 5.49. The summed E-state index contributed by atoms with van der Waals surface area (Å²) in [6, 6.07) is -0.254. The number of aliphatic hydroxyl groups is 2. The molecular weight excluding hydrogens is 338 g/mol. The molecule has 0 rings (SSSR count). The molecule has 3 N–H and O–H groups in total. The highest BCUT2D eigenvalue weighted by atomic mass is 16.3. The van der Waals surface area contributed by atoms with Crippen molar-refractivity contribution in [3.63, 3.8) is 0 Å². The van der Waals surface area contributed by atoms with Gasteiger partial charge in [0.15, 0.2) is 0 Å². The van der Waals surface area contributed by atoms with Crippen LogP contribution in [0.2, 0.25) is 0 Å². The number of aliphatic hydroxyl groups excluding tert-OH is 2. The third kappa shape index (κ3) is 15.0. The third-order valence-corrected chi connectivity index (χ3v) is 5.52. The van der Waals surface area contributed by atoms with Crippen LogP contribution >= 0.6 is 0 Å². The Morgan fingerprint density at radius 1 is 0.704 bits per heavy atom. The van der Waals surface area contributed by atoms with Crippen LogP contribution in [0, 0.1) is 0 Å². The molecule has 3 atom stereocenters. The summed E-state index contributed by atoms with van der Waals surface area (Å²) in [5.41, 5.74) is 0. The molecule has 0 aromatic rings. The number of nitrogens with one attached hydrogen (secondary N) is 1. The Balaban J connectivity index is 3.56. The second kappa shape index (κ2) is 18.7. The number of hydrogen-bond donors (Lipinski definition) is 3. The fourth-order valence-electron chi connectivity index (χ4n) is 3.51. The van der Waals surface area contributed by atoms with E-state index in [1.54, 1.807) is 6.92 Å². The lowest BCUT2D eigenvalue weighted by Crippen LogP contribution is -2.46. The fourth-order valence-corrected chi connectivity index (χ4v) is 3.51. The van der Waals surface area contributed by atoms with Crippen molar-refractivity contribution < 1.29 is 15.0 Å². The zero-order chi connectivity index (χ0) is 20.3. The highest BCUT2D eigenvalue weighted by molar-refractivity contribution is 5.80. The average molecular weight is 386 g/mol. The highest BCUT2D eigenvalue weighted by Crippen LogP contribution is 2.14. The first-order valence-electron chi connectivity index (χ1n) is 11.7. The number of carbonyl (C=O) groups excluding carboxylic acids is 1. The van der Waals surface area contributed by atoms with Gasteiger partial charge in [0.05, 0.1) is 12.1 Å². The molecule has 0 radical (unpaired) electrons. The molecule has 0 aliphatic rings. The van der Waals surface area contributed by atoms with E-state index in [9.17, 15) is 15.0 Å². The SMILES string of the molecule is CCCCCCCCCCCCCCCC(O)C(CC)NC(=O)C(O)CC. The number of amides is 1. The van der Waals surface area contributed by atoms with Gasteiger partial charge in [-0.1, -0.05) is 104 Å². The van der Waals surface area contributed by atoms with Gasteiger partial charge in [-0.05, 0) is 19.3 Å². The lowest BCUT2D eigenvalue weighted by Gasteiger charge is -2.24. The van der Waals surface area contributed by atoms with Gasteiger partial charge >= 0.3 is 0 Å². The monoisotopic (exact) mass is 385 g/mol. The Bertz CT molecular complexity index is 336. The van der Waals surface area contributed by atoms with E-state index in [0.717, 1.165) is 19.3 Å². The van der Waals surface area contributed by atoms with Gasteiger partial charge < -0.3 is 15.5 Å². The summed E-state index contributed by atoms with van der Waals surface area (Å²) in [6.45, 7) is 5.99. The summed E-state index contributed by atoms with van der Waals surface area (Å²) >= 11 is 0. The second-order valence-electron chi connectivity index (χ2n) is 8.05. The largest absolute Gasteiger partial charge is 0.391 e. The Labute approximate surface area is 168 Å². The van der Waals surface area contributed by atoms with Crippen molar-refractivity contribution in [3.05, 3.63) is 0 Å². The molecule has 0 bridgehead atoms. The lowest BCUT2D eigenvalue weighted by atomic mass is 10.00. The summed E-state index contributed by atoms with van der Waals surface area (Å²) in [5, 5.41) is 22.6. The van der Waals surface area contributed by atoms with Gasteiger partial charge in [0, 0.05) is 0 Å². The molecule has 0 fully saturated rings. The molecule has 0 heterocycles. The Kier molecular flexibility index (Phi) is 18.3. The van der Waals surface area contributed by atoms with Crippen LogP contribution in [0.15, 0.2) is 0 Å². The highest BCUT2D eigenvalue weighted by Gasteiger charge is 2.22. The van der Waals surface area contributed by atoms with Crippen molar-refractivity contribution in [2.24, 2.45) is 0 Å². The van der Waals surface area contributed by atoms with Gasteiger partial charge in [-0.2, -0.15) is 0 Å². The van der Waals surface area contributed by atoms with Crippen molar-refractivity contribution >= 4 is 5.91 Å².